The zero-order chi connectivity index (χ0) is 14.9. The summed E-state index contributed by atoms with van der Waals surface area (Å²) in [5.41, 5.74) is 7.98. The maximum absolute atomic E-state index is 14.0. The van der Waals surface area contributed by atoms with Crippen LogP contribution in [0.25, 0.3) is 0 Å². The Kier molecular flexibility index (Phi) is 4.14. The highest BCUT2D eigenvalue weighted by atomic mass is 19.2. The first-order valence-corrected chi connectivity index (χ1v) is 6.35. The SMILES string of the molecule is Cc1cc(C)c(C(N)Cc2cccc(F)c2F)c(F)c1. The van der Waals surface area contributed by atoms with E-state index in [2.05, 4.69) is 0 Å². The average Bonchev–Trinajstić information content (AvgIpc) is 2.33. The van der Waals surface area contributed by atoms with Crippen molar-refractivity contribution in [2.24, 2.45) is 5.73 Å². The Hall–Kier alpha value is -1.81. The van der Waals surface area contributed by atoms with E-state index in [4.69, 9.17) is 5.73 Å². The fourth-order valence-electron chi connectivity index (χ4n) is 2.44. The van der Waals surface area contributed by atoms with Gasteiger partial charge in [-0.05, 0) is 49.1 Å². The highest BCUT2D eigenvalue weighted by Gasteiger charge is 2.18. The van der Waals surface area contributed by atoms with Crippen LogP contribution in [0.3, 0.4) is 0 Å². The van der Waals surface area contributed by atoms with Gasteiger partial charge in [-0.1, -0.05) is 18.2 Å². The molecule has 0 saturated carbocycles. The summed E-state index contributed by atoms with van der Waals surface area (Å²) in [5, 5.41) is 0. The summed E-state index contributed by atoms with van der Waals surface area (Å²) in [6.45, 7) is 3.55. The van der Waals surface area contributed by atoms with E-state index in [0.717, 1.165) is 11.6 Å². The summed E-state index contributed by atoms with van der Waals surface area (Å²) in [5.74, 6) is -2.25. The second-order valence-electron chi connectivity index (χ2n) is 5.00. The standard InChI is InChI=1S/C16H16F3N/c1-9-6-10(2)15(13(18)7-9)14(20)8-11-4-3-5-12(17)16(11)19/h3-7,14H,8,20H2,1-2H3. The first-order chi connectivity index (χ1) is 9.40. The van der Waals surface area contributed by atoms with Gasteiger partial charge in [-0.15, -0.1) is 0 Å². The highest BCUT2D eigenvalue weighted by Crippen LogP contribution is 2.25. The molecule has 0 heterocycles. The lowest BCUT2D eigenvalue weighted by molar-refractivity contribution is 0.491. The number of benzene rings is 2. The van der Waals surface area contributed by atoms with Gasteiger partial charge < -0.3 is 5.73 Å². The summed E-state index contributed by atoms with van der Waals surface area (Å²) in [6.07, 6.45) is 0.0460. The van der Waals surface area contributed by atoms with Crippen molar-refractivity contribution in [3.05, 3.63) is 70.0 Å². The van der Waals surface area contributed by atoms with Crippen molar-refractivity contribution in [3.8, 4) is 0 Å². The maximum atomic E-state index is 14.0. The Morgan fingerprint density at radius 1 is 1.05 bits per heavy atom. The number of halogens is 3. The maximum Gasteiger partial charge on any atom is 0.162 e. The van der Waals surface area contributed by atoms with Gasteiger partial charge in [0.2, 0.25) is 0 Å². The number of rotatable bonds is 3. The monoisotopic (exact) mass is 279 g/mol. The normalized spacial score (nSPS) is 12.5. The van der Waals surface area contributed by atoms with Gasteiger partial charge in [-0.3, -0.25) is 0 Å². The molecule has 106 valence electrons. The van der Waals surface area contributed by atoms with E-state index >= 15 is 0 Å². The van der Waals surface area contributed by atoms with Gasteiger partial charge in [0.15, 0.2) is 11.6 Å². The number of hydrogen-bond donors (Lipinski definition) is 1. The Morgan fingerprint density at radius 3 is 2.40 bits per heavy atom. The molecule has 2 aromatic carbocycles. The molecule has 2 aromatic rings. The van der Waals surface area contributed by atoms with Crippen LogP contribution in [0, 0.1) is 31.3 Å². The van der Waals surface area contributed by atoms with Crippen molar-refractivity contribution in [2.45, 2.75) is 26.3 Å². The Balaban J connectivity index is 2.33. The third-order valence-electron chi connectivity index (χ3n) is 3.32. The molecular formula is C16H16F3N. The zero-order valence-corrected chi connectivity index (χ0v) is 11.4. The van der Waals surface area contributed by atoms with Crippen LogP contribution in [-0.4, -0.2) is 0 Å². The molecule has 0 saturated heterocycles. The smallest absolute Gasteiger partial charge is 0.162 e. The van der Waals surface area contributed by atoms with Gasteiger partial charge in [0.1, 0.15) is 5.82 Å². The molecule has 0 aliphatic rings. The summed E-state index contributed by atoms with van der Waals surface area (Å²) >= 11 is 0. The van der Waals surface area contributed by atoms with E-state index in [1.165, 1.54) is 18.2 Å². The minimum atomic E-state index is -0.923. The van der Waals surface area contributed by atoms with Crippen LogP contribution in [0.15, 0.2) is 30.3 Å². The molecule has 0 bridgehead atoms. The first kappa shape index (κ1) is 14.6. The number of aryl methyl sites for hydroxylation is 2. The Labute approximate surface area is 116 Å². The third-order valence-corrected chi connectivity index (χ3v) is 3.32. The van der Waals surface area contributed by atoms with Gasteiger partial charge in [0.25, 0.3) is 0 Å². The molecular weight excluding hydrogens is 263 g/mol. The minimum Gasteiger partial charge on any atom is -0.324 e. The predicted octanol–water partition coefficient (Wildman–Crippen LogP) is 3.96. The van der Waals surface area contributed by atoms with E-state index < -0.39 is 23.5 Å². The lowest BCUT2D eigenvalue weighted by atomic mass is 9.94. The minimum absolute atomic E-state index is 0.0460. The molecule has 2 N–H and O–H groups in total. The lowest BCUT2D eigenvalue weighted by Crippen LogP contribution is -2.17. The van der Waals surface area contributed by atoms with Crippen molar-refractivity contribution >= 4 is 0 Å². The van der Waals surface area contributed by atoms with Crippen LogP contribution >= 0.6 is 0 Å². The third kappa shape index (κ3) is 2.85. The van der Waals surface area contributed by atoms with Crippen LogP contribution in [-0.2, 0) is 6.42 Å². The van der Waals surface area contributed by atoms with Crippen LogP contribution < -0.4 is 5.73 Å². The Morgan fingerprint density at radius 2 is 1.75 bits per heavy atom. The molecule has 0 radical (unpaired) electrons. The first-order valence-electron chi connectivity index (χ1n) is 6.35. The summed E-state index contributed by atoms with van der Waals surface area (Å²) < 4.78 is 40.8. The van der Waals surface area contributed by atoms with Crippen molar-refractivity contribution in [3.63, 3.8) is 0 Å². The lowest BCUT2D eigenvalue weighted by Gasteiger charge is -2.17. The molecule has 0 aliphatic carbocycles. The second kappa shape index (κ2) is 5.67. The van der Waals surface area contributed by atoms with Crippen molar-refractivity contribution in [1.29, 1.82) is 0 Å². The fraction of sp³-hybridized carbons (Fsp3) is 0.250. The molecule has 0 amide bonds. The zero-order valence-electron chi connectivity index (χ0n) is 11.4. The molecule has 0 aliphatic heterocycles. The van der Waals surface area contributed by atoms with Crippen molar-refractivity contribution < 1.29 is 13.2 Å². The van der Waals surface area contributed by atoms with Crippen LogP contribution in [0.4, 0.5) is 13.2 Å². The van der Waals surface area contributed by atoms with Crippen LogP contribution in [0.1, 0.15) is 28.3 Å². The summed E-state index contributed by atoms with van der Waals surface area (Å²) in [4.78, 5) is 0. The average molecular weight is 279 g/mol. The van der Waals surface area contributed by atoms with E-state index in [1.807, 2.05) is 6.07 Å². The molecule has 0 fully saturated rings. The largest absolute Gasteiger partial charge is 0.324 e. The highest BCUT2D eigenvalue weighted by molar-refractivity contribution is 5.35. The van der Waals surface area contributed by atoms with E-state index in [0.29, 0.717) is 11.1 Å². The predicted molar refractivity (Wildman–Crippen MR) is 72.9 cm³/mol. The molecule has 1 atom stereocenters. The molecule has 2 rings (SSSR count). The number of hydrogen-bond acceptors (Lipinski definition) is 1. The van der Waals surface area contributed by atoms with Gasteiger partial charge in [0.05, 0.1) is 0 Å². The molecule has 1 nitrogen and oxygen atoms in total. The topological polar surface area (TPSA) is 26.0 Å². The van der Waals surface area contributed by atoms with E-state index in [-0.39, 0.29) is 12.0 Å². The molecule has 4 heteroatoms. The molecule has 20 heavy (non-hydrogen) atoms. The molecule has 0 aromatic heterocycles. The molecule has 1 unspecified atom stereocenters. The number of nitrogens with two attached hydrogens (primary N) is 1. The molecule has 0 spiro atoms. The Bertz CT molecular complexity index is 615. The van der Waals surface area contributed by atoms with E-state index in [9.17, 15) is 13.2 Å². The van der Waals surface area contributed by atoms with Crippen molar-refractivity contribution in [1.82, 2.24) is 0 Å². The van der Waals surface area contributed by atoms with Crippen LogP contribution in [0.2, 0.25) is 0 Å². The second-order valence-corrected chi connectivity index (χ2v) is 5.00. The quantitative estimate of drug-likeness (QED) is 0.904. The van der Waals surface area contributed by atoms with Gasteiger partial charge in [-0.2, -0.15) is 0 Å². The van der Waals surface area contributed by atoms with Gasteiger partial charge >= 0.3 is 0 Å². The summed E-state index contributed by atoms with van der Waals surface area (Å²) in [6, 6.07) is 6.41. The van der Waals surface area contributed by atoms with Gasteiger partial charge in [0, 0.05) is 11.6 Å². The summed E-state index contributed by atoms with van der Waals surface area (Å²) in [7, 11) is 0. The fourth-order valence-corrected chi connectivity index (χ4v) is 2.44. The van der Waals surface area contributed by atoms with Crippen LogP contribution in [0.5, 0.6) is 0 Å². The van der Waals surface area contributed by atoms with Gasteiger partial charge in [-0.25, -0.2) is 13.2 Å². The van der Waals surface area contributed by atoms with E-state index in [1.54, 1.807) is 13.8 Å². The van der Waals surface area contributed by atoms with Crippen molar-refractivity contribution in [2.75, 3.05) is 0 Å².